The summed E-state index contributed by atoms with van der Waals surface area (Å²) >= 11 is 6.07. The number of carbonyl (C=O) groups is 2. The third kappa shape index (κ3) is 8.76. The summed E-state index contributed by atoms with van der Waals surface area (Å²) in [5.41, 5.74) is 1.87. The van der Waals surface area contributed by atoms with Crippen molar-refractivity contribution >= 4 is 23.4 Å². The first-order chi connectivity index (χ1) is 16.9. The van der Waals surface area contributed by atoms with E-state index in [2.05, 4.69) is 19.2 Å². The van der Waals surface area contributed by atoms with Crippen molar-refractivity contribution in [3.05, 3.63) is 101 Å². The summed E-state index contributed by atoms with van der Waals surface area (Å²) in [6, 6.07) is 25.6. The maximum atomic E-state index is 13.5. The molecule has 3 aromatic rings. The molecule has 184 valence electrons. The normalized spacial score (nSPS) is 11.7. The van der Waals surface area contributed by atoms with Crippen molar-refractivity contribution in [2.24, 2.45) is 5.92 Å². The van der Waals surface area contributed by atoms with Gasteiger partial charge < -0.3 is 15.0 Å². The van der Waals surface area contributed by atoms with Crippen LogP contribution in [0.5, 0.6) is 5.75 Å². The minimum Gasteiger partial charge on any atom is -0.484 e. The summed E-state index contributed by atoms with van der Waals surface area (Å²) in [6.45, 7) is 4.90. The first kappa shape index (κ1) is 26.3. The molecule has 0 aliphatic heterocycles. The summed E-state index contributed by atoms with van der Waals surface area (Å²) < 4.78 is 5.75. The standard InChI is InChI=1S/C29H33ClN2O3/c1-22(2)17-18-31-29(34)27(19-23-9-5-3-6-10-23)32(20-24-13-15-25(30)16-14-24)28(33)21-35-26-11-7-4-8-12-26/h3-16,22,27H,17-21H2,1-2H3,(H,31,34)/t27-/m1/s1. The van der Waals surface area contributed by atoms with E-state index in [0.29, 0.717) is 29.7 Å². The Morgan fingerprint density at radius 2 is 1.51 bits per heavy atom. The highest BCUT2D eigenvalue weighted by molar-refractivity contribution is 6.30. The van der Waals surface area contributed by atoms with Gasteiger partial charge in [-0.05, 0) is 47.7 Å². The smallest absolute Gasteiger partial charge is 0.261 e. The molecule has 0 aliphatic rings. The van der Waals surface area contributed by atoms with Gasteiger partial charge in [0.05, 0.1) is 0 Å². The Bertz CT molecular complexity index is 1060. The second-order valence-corrected chi connectivity index (χ2v) is 9.37. The van der Waals surface area contributed by atoms with Crippen molar-refractivity contribution in [2.75, 3.05) is 13.2 Å². The largest absolute Gasteiger partial charge is 0.484 e. The van der Waals surface area contributed by atoms with E-state index < -0.39 is 6.04 Å². The van der Waals surface area contributed by atoms with Gasteiger partial charge in [-0.15, -0.1) is 0 Å². The monoisotopic (exact) mass is 492 g/mol. The second-order valence-electron chi connectivity index (χ2n) is 8.93. The first-order valence-corrected chi connectivity index (χ1v) is 12.3. The number of amides is 2. The Morgan fingerprint density at radius 1 is 0.886 bits per heavy atom. The van der Waals surface area contributed by atoms with E-state index in [0.717, 1.165) is 17.5 Å². The Morgan fingerprint density at radius 3 is 2.14 bits per heavy atom. The maximum Gasteiger partial charge on any atom is 0.261 e. The number of hydrogen-bond donors (Lipinski definition) is 1. The molecule has 0 fully saturated rings. The maximum absolute atomic E-state index is 13.5. The number of hydrogen-bond acceptors (Lipinski definition) is 3. The molecule has 0 aliphatic carbocycles. The minimum absolute atomic E-state index is 0.165. The van der Waals surface area contributed by atoms with Gasteiger partial charge in [-0.2, -0.15) is 0 Å². The molecule has 0 saturated heterocycles. The van der Waals surface area contributed by atoms with Crippen molar-refractivity contribution in [1.82, 2.24) is 10.2 Å². The van der Waals surface area contributed by atoms with Crippen LogP contribution in [0.1, 0.15) is 31.4 Å². The highest BCUT2D eigenvalue weighted by Gasteiger charge is 2.30. The highest BCUT2D eigenvalue weighted by Crippen LogP contribution is 2.18. The fourth-order valence-corrected chi connectivity index (χ4v) is 3.81. The fourth-order valence-electron chi connectivity index (χ4n) is 3.69. The predicted molar refractivity (Wildman–Crippen MR) is 140 cm³/mol. The summed E-state index contributed by atoms with van der Waals surface area (Å²) in [4.78, 5) is 28.5. The van der Waals surface area contributed by atoms with Crippen molar-refractivity contribution in [3.8, 4) is 5.75 Å². The average molecular weight is 493 g/mol. The van der Waals surface area contributed by atoms with E-state index in [-0.39, 0.29) is 25.0 Å². The molecule has 2 amide bonds. The van der Waals surface area contributed by atoms with Crippen molar-refractivity contribution < 1.29 is 14.3 Å². The Labute approximate surface area is 213 Å². The molecule has 35 heavy (non-hydrogen) atoms. The molecule has 0 bridgehead atoms. The number of ether oxygens (including phenoxy) is 1. The first-order valence-electron chi connectivity index (χ1n) is 12.0. The van der Waals surface area contributed by atoms with Crippen LogP contribution in [0.2, 0.25) is 5.02 Å². The van der Waals surface area contributed by atoms with Gasteiger partial charge in [0, 0.05) is 24.5 Å². The quantitative estimate of drug-likeness (QED) is 0.362. The summed E-state index contributed by atoms with van der Waals surface area (Å²) in [6.07, 6.45) is 1.27. The molecule has 0 heterocycles. The molecule has 5 nitrogen and oxygen atoms in total. The zero-order valence-corrected chi connectivity index (χ0v) is 21.1. The van der Waals surface area contributed by atoms with Gasteiger partial charge in [-0.25, -0.2) is 0 Å². The number of para-hydroxylation sites is 1. The molecule has 0 saturated carbocycles. The van der Waals surface area contributed by atoms with Crippen LogP contribution in [0, 0.1) is 5.92 Å². The molecule has 1 atom stereocenters. The van der Waals surface area contributed by atoms with E-state index in [9.17, 15) is 9.59 Å². The molecule has 0 radical (unpaired) electrons. The van der Waals surface area contributed by atoms with E-state index in [1.54, 1.807) is 29.2 Å². The second kappa shape index (κ2) is 13.5. The number of halogens is 1. The lowest BCUT2D eigenvalue weighted by Crippen LogP contribution is -2.52. The van der Waals surface area contributed by atoms with Crippen LogP contribution in [0.25, 0.3) is 0 Å². The van der Waals surface area contributed by atoms with Crippen molar-refractivity contribution in [2.45, 2.75) is 39.3 Å². The topological polar surface area (TPSA) is 58.6 Å². The summed E-state index contributed by atoms with van der Waals surface area (Å²) in [5, 5.41) is 3.66. The molecule has 0 spiro atoms. The lowest BCUT2D eigenvalue weighted by molar-refractivity contribution is -0.142. The Kier molecular flexibility index (Phi) is 10.2. The average Bonchev–Trinajstić information content (AvgIpc) is 2.86. The van der Waals surface area contributed by atoms with Crippen LogP contribution in [0.15, 0.2) is 84.9 Å². The molecule has 3 rings (SSSR count). The van der Waals surface area contributed by atoms with Gasteiger partial charge in [-0.3, -0.25) is 9.59 Å². The van der Waals surface area contributed by atoms with Gasteiger partial charge in [0.25, 0.3) is 5.91 Å². The van der Waals surface area contributed by atoms with Crippen LogP contribution in [-0.4, -0.2) is 35.9 Å². The molecular weight excluding hydrogens is 460 g/mol. The van der Waals surface area contributed by atoms with E-state index in [1.165, 1.54) is 0 Å². The van der Waals surface area contributed by atoms with Crippen LogP contribution >= 0.6 is 11.6 Å². The van der Waals surface area contributed by atoms with Crippen LogP contribution < -0.4 is 10.1 Å². The number of nitrogens with one attached hydrogen (secondary N) is 1. The van der Waals surface area contributed by atoms with E-state index in [1.807, 2.05) is 60.7 Å². The third-order valence-corrected chi connectivity index (χ3v) is 5.92. The number of rotatable bonds is 12. The zero-order valence-electron chi connectivity index (χ0n) is 20.3. The van der Waals surface area contributed by atoms with Crippen molar-refractivity contribution in [1.29, 1.82) is 0 Å². The van der Waals surface area contributed by atoms with Crippen LogP contribution in [-0.2, 0) is 22.6 Å². The molecule has 0 unspecified atom stereocenters. The van der Waals surface area contributed by atoms with Gasteiger partial charge in [0.2, 0.25) is 5.91 Å². The van der Waals surface area contributed by atoms with E-state index in [4.69, 9.17) is 16.3 Å². The van der Waals surface area contributed by atoms with Crippen LogP contribution in [0.3, 0.4) is 0 Å². The van der Waals surface area contributed by atoms with Gasteiger partial charge in [0.1, 0.15) is 11.8 Å². The highest BCUT2D eigenvalue weighted by atomic mass is 35.5. The number of carbonyl (C=O) groups excluding carboxylic acids is 2. The summed E-state index contributed by atoms with van der Waals surface area (Å²) in [5.74, 6) is 0.641. The Hall–Kier alpha value is -3.31. The predicted octanol–water partition coefficient (Wildman–Crippen LogP) is 5.52. The van der Waals surface area contributed by atoms with Gasteiger partial charge >= 0.3 is 0 Å². The molecule has 0 aromatic heterocycles. The molecular formula is C29H33ClN2O3. The Balaban J connectivity index is 1.86. The number of nitrogens with zero attached hydrogens (tertiary/aromatic N) is 1. The molecule has 6 heteroatoms. The van der Waals surface area contributed by atoms with Gasteiger partial charge in [-0.1, -0.05) is 86.1 Å². The third-order valence-electron chi connectivity index (χ3n) is 5.66. The van der Waals surface area contributed by atoms with E-state index >= 15 is 0 Å². The van der Waals surface area contributed by atoms with Gasteiger partial charge in [0.15, 0.2) is 6.61 Å². The minimum atomic E-state index is -0.688. The SMILES string of the molecule is CC(C)CCNC(=O)[C@@H](Cc1ccccc1)N(Cc1ccc(Cl)cc1)C(=O)COc1ccccc1. The van der Waals surface area contributed by atoms with Crippen LogP contribution in [0.4, 0.5) is 0 Å². The molecule has 1 N–H and O–H groups in total. The van der Waals surface area contributed by atoms with Crippen molar-refractivity contribution in [3.63, 3.8) is 0 Å². The molecule has 3 aromatic carbocycles. The number of benzene rings is 3. The lowest BCUT2D eigenvalue weighted by Gasteiger charge is -2.31. The zero-order chi connectivity index (χ0) is 25.0. The fraction of sp³-hybridized carbons (Fsp3) is 0.310. The lowest BCUT2D eigenvalue weighted by atomic mass is 10.0. The summed E-state index contributed by atoms with van der Waals surface area (Å²) in [7, 11) is 0.